The third-order valence-electron chi connectivity index (χ3n) is 4.79. The molecule has 0 aliphatic carbocycles. The largest absolute Gasteiger partial charge is 0.486 e. The quantitative estimate of drug-likeness (QED) is 0.669. The molecule has 9 heteroatoms. The lowest BCUT2D eigenvalue weighted by atomic mass is 10.3. The summed E-state index contributed by atoms with van der Waals surface area (Å²) in [4.78, 5) is 33.0. The van der Waals surface area contributed by atoms with Crippen LogP contribution >= 0.6 is 22.9 Å². The smallest absolute Gasteiger partial charge is 0.234 e. The van der Waals surface area contributed by atoms with Gasteiger partial charge in [-0.05, 0) is 37.6 Å². The van der Waals surface area contributed by atoms with Crippen molar-refractivity contribution in [3.63, 3.8) is 0 Å². The van der Waals surface area contributed by atoms with Crippen molar-refractivity contribution >= 4 is 34.8 Å². The molecule has 1 aromatic heterocycles. The molecule has 1 aromatic carbocycles. The summed E-state index contributed by atoms with van der Waals surface area (Å²) >= 11 is 7.37. The lowest BCUT2D eigenvalue weighted by molar-refractivity contribution is -0.130. The maximum Gasteiger partial charge on any atom is 0.234 e. The van der Waals surface area contributed by atoms with Crippen LogP contribution < -0.4 is 10.1 Å². The van der Waals surface area contributed by atoms with Crippen molar-refractivity contribution in [1.29, 1.82) is 0 Å². The average molecular weight is 451 g/mol. The van der Waals surface area contributed by atoms with Gasteiger partial charge in [-0.2, -0.15) is 0 Å². The van der Waals surface area contributed by atoms with E-state index in [4.69, 9.17) is 16.3 Å². The van der Waals surface area contributed by atoms with Crippen LogP contribution in [0, 0.1) is 0 Å². The topological polar surface area (TPSA) is 74.8 Å². The number of rotatable bonds is 8. The van der Waals surface area contributed by atoms with Crippen LogP contribution in [0.1, 0.15) is 24.0 Å². The van der Waals surface area contributed by atoms with Crippen LogP contribution in [-0.4, -0.2) is 65.9 Å². The highest BCUT2D eigenvalue weighted by atomic mass is 35.5. The van der Waals surface area contributed by atoms with Crippen molar-refractivity contribution in [1.82, 2.24) is 20.1 Å². The Hall–Kier alpha value is -2.16. The Morgan fingerprint density at radius 2 is 2.00 bits per heavy atom. The van der Waals surface area contributed by atoms with E-state index in [1.807, 2.05) is 29.3 Å². The standard InChI is InChI=1S/C21H27ClN4O3S/c1-2-23-19(27)13-25-8-3-9-26(11-10-25)21(28)12-17-15-30-20(24-17)14-29-18-6-4-16(22)5-7-18/h4-7,15H,2-3,8-14H2,1H3,(H,23,27). The lowest BCUT2D eigenvalue weighted by Gasteiger charge is -2.21. The van der Waals surface area contributed by atoms with E-state index in [2.05, 4.69) is 15.2 Å². The predicted molar refractivity (Wildman–Crippen MR) is 118 cm³/mol. The molecule has 1 fully saturated rings. The van der Waals surface area contributed by atoms with E-state index in [9.17, 15) is 9.59 Å². The Morgan fingerprint density at radius 1 is 1.20 bits per heavy atom. The maximum absolute atomic E-state index is 12.7. The fraction of sp³-hybridized carbons (Fsp3) is 0.476. The second-order valence-electron chi connectivity index (χ2n) is 7.12. The van der Waals surface area contributed by atoms with Crippen LogP contribution in [0.2, 0.25) is 5.02 Å². The number of hydrogen-bond acceptors (Lipinski definition) is 6. The highest BCUT2D eigenvalue weighted by molar-refractivity contribution is 7.09. The van der Waals surface area contributed by atoms with Crippen molar-refractivity contribution in [3.05, 3.63) is 45.4 Å². The van der Waals surface area contributed by atoms with Crippen LogP contribution in [0.4, 0.5) is 0 Å². The Labute approximate surface area is 186 Å². The summed E-state index contributed by atoms with van der Waals surface area (Å²) in [6, 6.07) is 7.19. The SMILES string of the molecule is CCNC(=O)CN1CCCN(C(=O)Cc2csc(COc3ccc(Cl)cc3)n2)CC1. The number of hydrogen-bond donors (Lipinski definition) is 1. The van der Waals surface area contributed by atoms with E-state index in [1.165, 1.54) is 11.3 Å². The van der Waals surface area contributed by atoms with Crippen molar-refractivity contribution in [3.8, 4) is 5.75 Å². The van der Waals surface area contributed by atoms with E-state index >= 15 is 0 Å². The number of aromatic nitrogens is 1. The number of benzene rings is 1. The van der Waals surface area contributed by atoms with Gasteiger partial charge in [-0.3, -0.25) is 14.5 Å². The first-order chi connectivity index (χ1) is 14.5. The first-order valence-corrected chi connectivity index (χ1v) is 11.4. The number of likely N-dealkylation sites (N-methyl/N-ethyl adjacent to an activating group) is 1. The fourth-order valence-electron chi connectivity index (χ4n) is 3.27. The van der Waals surface area contributed by atoms with Gasteiger partial charge in [-0.25, -0.2) is 4.98 Å². The van der Waals surface area contributed by atoms with E-state index in [1.54, 1.807) is 12.1 Å². The molecule has 0 spiro atoms. The van der Waals surface area contributed by atoms with Crippen molar-refractivity contribution in [2.24, 2.45) is 0 Å². The Bertz CT molecular complexity index is 843. The monoisotopic (exact) mass is 450 g/mol. The third kappa shape index (κ3) is 6.97. The zero-order valence-electron chi connectivity index (χ0n) is 17.1. The number of halogens is 1. The first-order valence-electron chi connectivity index (χ1n) is 10.1. The van der Waals surface area contributed by atoms with Gasteiger partial charge in [-0.1, -0.05) is 11.6 Å². The highest BCUT2D eigenvalue weighted by Crippen LogP contribution is 2.18. The molecule has 2 aromatic rings. The molecule has 0 atom stereocenters. The van der Waals surface area contributed by atoms with E-state index in [0.29, 0.717) is 44.4 Å². The van der Waals surface area contributed by atoms with Crippen LogP contribution in [0.15, 0.2) is 29.6 Å². The predicted octanol–water partition coefficient (Wildman–Crippen LogP) is 2.59. The molecule has 1 aliphatic rings. The minimum Gasteiger partial charge on any atom is -0.486 e. The van der Waals surface area contributed by atoms with Gasteiger partial charge in [0, 0.05) is 43.1 Å². The molecule has 2 heterocycles. The number of nitrogens with one attached hydrogen (secondary N) is 1. The Balaban J connectivity index is 1.45. The van der Waals surface area contributed by atoms with Gasteiger partial charge in [-0.15, -0.1) is 11.3 Å². The number of carbonyl (C=O) groups excluding carboxylic acids is 2. The molecule has 7 nitrogen and oxygen atoms in total. The number of ether oxygens (including phenoxy) is 1. The zero-order chi connectivity index (χ0) is 21.3. The molecule has 30 heavy (non-hydrogen) atoms. The second-order valence-corrected chi connectivity index (χ2v) is 8.50. The zero-order valence-corrected chi connectivity index (χ0v) is 18.7. The van der Waals surface area contributed by atoms with Gasteiger partial charge in [0.25, 0.3) is 0 Å². The van der Waals surface area contributed by atoms with Crippen molar-refractivity contribution in [2.45, 2.75) is 26.4 Å². The van der Waals surface area contributed by atoms with Crippen molar-refractivity contribution < 1.29 is 14.3 Å². The maximum atomic E-state index is 12.7. The second kappa shape index (κ2) is 11.3. The summed E-state index contributed by atoms with van der Waals surface area (Å²) in [6.45, 7) is 6.17. The molecule has 0 bridgehead atoms. The Kier molecular flexibility index (Phi) is 8.48. The molecule has 1 N–H and O–H groups in total. The summed E-state index contributed by atoms with van der Waals surface area (Å²) in [6.07, 6.45) is 1.15. The number of carbonyl (C=O) groups is 2. The molecule has 0 unspecified atom stereocenters. The molecule has 0 saturated carbocycles. The minimum atomic E-state index is 0.0353. The molecular weight excluding hydrogens is 424 g/mol. The molecule has 2 amide bonds. The molecular formula is C21H27ClN4O3S. The number of nitrogens with zero attached hydrogens (tertiary/aromatic N) is 3. The van der Waals surface area contributed by atoms with Crippen LogP contribution in [0.5, 0.6) is 5.75 Å². The number of thiazole rings is 1. The van der Waals surface area contributed by atoms with E-state index in [0.717, 1.165) is 29.4 Å². The minimum absolute atomic E-state index is 0.0353. The van der Waals surface area contributed by atoms with Gasteiger partial charge < -0.3 is 15.0 Å². The fourth-order valence-corrected chi connectivity index (χ4v) is 4.10. The van der Waals surface area contributed by atoms with Gasteiger partial charge in [0.05, 0.1) is 18.7 Å². The molecule has 1 aliphatic heterocycles. The van der Waals surface area contributed by atoms with Gasteiger partial charge >= 0.3 is 0 Å². The molecule has 162 valence electrons. The molecule has 1 saturated heterocycles. The lowest BCUT2D eigenvalue weighted by Crippen LogP contribution is -2.40. The normalized spacial score (nSPS) is 14.9. The molecule has 0 radical (unpaired) electrons. The van der Waals surface area contributed by atoms with Crippen LogP contribution in [0.25, 0.3) is 0 Å². The highest BCUT2D eigenvalue weighted by Gasteiger charge is 2.21. The number of amides is 2. The summed E-state index contributed by atoms with van der Waals surface area (Å²) in [5, 5.41) is 6.23. The third-order valence-corrected chi connectivity index (χ3v) is 5.91. The summed E-state index contributed by atoms with van der Waals surface area (Å²) in [7, 11) is 0. The summed E-state index contributed by atoms with van der Waals surface area (Å²) in [5.74, 6) is 0.840. The summed E-state index contributed by atoms with van der Waals surface area (Å²) in [5.41, 5.74) is 0.767. The summed E-state index contributed by atoms with van der Waals surface area (Å²) < 4.78 is 5.71. The van der Waals surface area contributed by atoms with Crippen molar-refractivity contribution in [2.75, 3.05) is 39.3 Å². The average Bonchev–Trinajstić information content (AvgIpc) is 3.03. The van der Waals surface area contributed by atoms with Gasteiger partial charge in [0.15, 0.2) is 0 Å². The molecule has 3 rings (SSSR count). The van der Waals surface area contributed by atoms with Crippen LogP contribution in [-0.2, 0) is 22.6 Å². The van der Waals surface area contributed by atoms with Gasteiger partial charge in [0.2, 0.25) is 11.8 Å². The van der Waals surface area contributed by atoms with E-state index < -0.39 is 0 Å². The van der Waals surface area contributed by atoms with E-state index in [-0.39, 0.29) is 18.2 Å². The van der Waals surface area contributed by atoms with Crippen LogP contribution in [0.3, 0.4) is 0 Å². The Morgan fingerprint density at radius 3 is 2.77 bits per heavy atom. The first kappa shape index (κ1) is 22.5. The van der Waals surface area contributed by atoms with Gasteiger partial charge in [0.1, 0.15) is 17.4 Å².